The van der Waals surface area contributed by atoms with Crippen LogP contribution in [0.5, 0.6) is 0 Å². The van der Waals surface area contributed by atoms with Crippen molar-refractivity contribution in [2.75, 3.05) is 0 Å². The Balaban J connectivity index is 1.43. The van der Waals surface area contributed by atoms with Gasteiger partial charge in [-0.15, -0.1) is 0 Å². The molecule has 94 valence electrons. The molecule has 0 spiro atoms. The molecule has 0 fully saturated rings. The average molecular weight is 320 g/mol. The van der Waals surface area contributed by atoms with Crippen molar-refractivity contribution in [3.05, 3.63) is 55.0 Å². The van der Waals surface area contributed by atoms with Crippen LogP contribution in [0.4, 0.5) is 0 Å². The predicted molar refractivity (Wildman–Crippen MR) is 88.2 cm³/mol. The lowest BCUT2D eigenvalue weighted by molar-refractivity contribution is 1.27. The number of benzene rings is 2. The van der Waals surface area contributed by atoms with Crippen molar-refractivity contribution in [3.63, 3.8) is 0 Å². The fourth-order valence-electron chi connectivity index (χ4n) is 2.12. The zero-order valence-corrected chi connectivity index (χ0v) is 13.2. The van der Waals surface area contributed by atoms with E-state index >= 15 is 0 Å². The summed E-state index contributed by atoms with van der Waals surface area (Å²) >= 11 is 7.93. The van der Waals surface area contributed by atoms with E-state index < -0.39 is 0 Å². The monoisotopic (exact) mass is 319 g/mol. The second-order valence-corrected chi connectivity index (χ2v) is 9.62. The highest BCUT2D eigenvalue weighted by Crippen LogP contribution is 2.54. The van der Waals surface area contributed by atoms with Gasteiger partial charge < -0.3 is 0 Å². The van der Waals surface area contributed by atoms with E-state index in [0.717, 1.165) is 0 Å². The Morgan fingerprint density at radius 1 is 0.579 bits per heavy atom. The molecule has 0 radical (unpaired) electrons. The third-order valence-electron chi connectivity index (χ3n) is 2.99. The molecule has 2 aromatic carbocycles. The van der Waals surface area contributed by atoms with Gasteiger partial charge >= 0.3 is 0 Å². The van der Waals surface area contributed by atoms with E-state index in [-0.39, 0.29) is 0 Å². The van der Waals surface area contributed by atoms with Crippen LogP contribution in [0.1, 0.15) is 0 Å². The van der Waals surface area contributed by atoms with Gasteiger partial charge in [-0.1, -0.05) is 71.3 Å². The summed E-state index contributed by atoms with van der Waals surface area (Å²) in [5.74, 6) is 0. The fraction of sp³-hybridized carbons (Fsp3) is 0.133. The van der Waals surface area contributed by atoms with Gasteiger partial charge in [-0.3, -0.25) is 0 Å². The van der Waals surface area contributed by atoms with Crippen molar-refractivity contribution in [1.82, 2.24) is 0 Å². The maximum atomic E-state index is 2.49. The number of hydrogen-bond donors (Lipinski definition) is 0. The normalized spacial score (nSPS) is 18.3. The van der Waals surface area contributed by atoms with Gasteiger partial charge in [0.15, 0.2) is 9.16 Å². The maximum absolute atomic E-state index is 2.49. The molecule has 19 heavy (non-hydrogen) atoms. The van der Waals surface area contributed by atoms with Crippen molar-refractivity contribution in [1.29, 1.82) is 0 Å². The lowest BCUT2D eigenvalue weighted by atomic mass is 10.4. The molecule has 2 aliphatic rings. The summed E-state index contributed by atoms with van der Waals surface area (Å²) in [5.41, 5.74) is 0. The lowest BCUT2D eigenvalue weighted by Crippen LogP contribution is -2.02. The Labute approximate surface area is 130 Å². The fourth-order valence-corrected chi connectivity index (χ4v) is 8.04. The zero-order chi connectivity index (χ0) is 12.7. The van der Waals surface area contributed by atoms with E-state index in [1.807, 2.05) is 47.0 Å². The van der Waals surface area contributed by atoms with Crippen LogP contribution in [0.25, 0.3) is 0 Å². The largest absolute Gasteiger partial charge is 0.200 e. The van der Waals surface area contributed by atoms with Crippen LogP contribution in [0, 0.1) is 6.42 Å². The quantitative estimate of drug-likeness (QED) is 0.657. The molecule has 0 aliphatic carbocycles. The number of rotatable bonds is 2. The Hall–Kier alpha value is -0.290. The Kier molecular flexibility index (Phi) is 3.44. The SMILES string of the molecule is c1ccc2c(c1)SC([CH+]C1Sc3ccccc3S1)S2. The molecule has 4 heteroatoms. The molecule has 0 amide bonds. The van der Waals surface area contributed by atoms with E-state index in [1.165, 1.54) is 19.6 Å². The predicted octanol–water partition coefficient (Wildman–Crippen LogP) is 5.64. The van der Waals surface area contributed by atoms with Gasteiger partial charge in [-0.2, -0.15) is 0 Å². The standard InChI is InChI=1S/C15H11S4/c1-2-6-11-10(5-1)16-14(17-11)9-15-18-12-7-3-4-8-13(12)19-15/h1-9,14-15H/q+1. The smallest absolute Gasteiger partial charge is 0.0616 e. The lowest BCUT2D eigenvalue weighted by Gasteiger charge is -2.02. The molecular formula is C15H11S4+. The van der Waals surface area contributed by atoms with Gasteiger partial charge in [0.05, 0.1) is 0 Å². The summed E-state index contributed by atoms with van der Waals surface area (Å²) < 4.78 is 1.11. The van der Waals surface area contributed by atoms with Gasteiger partial charge in [0.1, 0.15) is 6.42 Å². The highest BCUT2D eigenvalue weighted by molar-refractivity contribution is 8.21. The molecule has 0 aromatic heterocycles. The highest BCUT2D eigenvalue weighted by atomic mass is 32.2. The Morgan fingerprint density at radius 3 is 1.21 bits per heavy atom. The van der Waals surface area contributed by atoms with Gasteiger partial charge in [0.2, 0.25) is 0 Å². The molecule has 4 rings (SSSR count). The molecule has 0 atom stereocenters. The molecule has 0 unspecified atom stereocenters. The second kappa shape index (κ2) is 5.24. The third kappa shape index (κ3) is 2.51. The minimum atomic E-state index is 0.553. The van der Waals surface area contributed by atoms with E-state index in [4.69, 9.17) is 0 Å². The maximum Gasteiger partial charge on any atom is 0.200 e. The minimum absolute atomic E-state index is 0.553. The third-order valence-corrected chi connectivity index (χ3v) is 8.40. The van der Waals surface area contributed by atoms with Crippen LogP contribution >= 0.6 is 47.0 Å². The van der Waals surface area contributed by atoms with Gasteiger partial charge in [-0.05, 0) is 24.3 Å². The molecular weight excluding hydrogens is 308 g/mol. The first-order valence-electron chi connectivity index (χ1n) is 6.08. The first-order chi connectivity index (χ1) is 9.38. The second-order valence-electron chi connectivity index (χ2n) is 4.29. The zero-order valence-electron chi connectivity index (χ0n) is 9.98. The molecule has 0 saturated heterocycles. The number of hydrogen-bond acceptors (Lipinski definition) is 4. The molecule has 0 bridgehead atoms. The topological polar surface area (TPSA) is 0 Å². The van der Waals surface area contributed by atoms with Gasteiger partial charge in [-0.25, -0.2) is 0 Å². The van der Waals surface area contributed by atoms with Crippen LogP contribution in [0.2, 0.25) is 0 Å². The van der Waals surface area contributed by atoms with Crippen molar-refractivity contribution in [3.8, 4) is 0 Å². The van der Waals surface area contributed by atoms with Crippen LogP contribution < -0.4 is 0 Å². The average Bonchev–Trinajstić information content (AvgIpc) is 3.00. The summed E-state index contributed by atoms with van der Waals surface area (Å²) in [4.78, 5) is 5.72. The van der Waals surface area contributed by atoms with E-state index in [0.29, 0.717) is 9.16 Å². The number of fused-ring (bicyclic) bond motifs is 2. The van der Waals surface area contributed by atoms with Gasteiger partial charge in [0, 0.05) is 19.6 Å². The molecule has 2 aliphatic heterocycles. The molecule has 0 saturated carbocycles. The van der Waals surface area contributed by atoms with Crippen LogP contribution in [0.15, 0.2) is 68.1 Å². The van der Waals surface area contributed by atoms with Gasteiger partial charge in [0.25, 0.3) is 0 Å². The first kappa shape index (κ1) is 12.5. The van der Waals surface area contributed by atoms with Crippen molar-refractivity contribution in [2.45, 2.75) is 28.7 Å². The summed E-state index contributed by atoms with van der Waals surface area (Å²) in [5, 5.41) is 0. The molecule has 0 nitrogen and oxygen atoms in total. The van der Waals surface area contributed by atoms with Crippen molar-refractivity contribution >= 4 is 47.0 Å². The van der Waals surface area contributed by atoms with E-state index in [1.54, 1.807) is 0 Å². The van der Waals surface area contributed by atoms with Crippen LogP contribution in [0.3, 0.4) is 0 Å². The van der Waals surface area contributed by atoms with Crippen LogP contribution in [-0.4, -0.2) is 9.16 Å². The molecule has 2 heterocycles. The van der Waals surface area contributed by atoms with Crippen molar-refractivity contribution < 1.29 is 0 Å². The van der Waals surface area contributed by atoms with Crippen molar-refractivity contribution in [2.24, 2.45) is 0 Å². The van der Waals surface area contributed by atoms with Crippen LogP contribution in [-0.2, 0) is 0 Å². The molecule has 0 N–H and O–H groups in total. The minimum Gasteiger partial charge on any atom is -0.0616 e. The van der Waals surface area contributed by atoms with E-state index in [2.05, 4.69) is 55.0 Å². The van der Waals surface area contributed by atoms with E-state index in [9.17, 15) is 0 Å². The summed E-state index contributed by atoms with van der Waals surface area (Å²) in [6, 6.07) is 17.4. The molecule has 2 aromatic rings. The Bertz CT molecular complexity index is 507. The highest BCUT2D eigenvalue weighted by Gasteiger charge is 2.37. The number of thioether (sulfide) groups is 4. The summed E-state index contributed by atoms with van der Waals surface area (Å²) in [6.45, 7) is 0. The summed E-state index contributed by atoms with van der Waals surface area (Å²) in [6.07, 6.45) is 2.49. The summed E-state index contributed by atoms with van der Waals surface area (Å²) in [7, 11) is 0. The first-order valence-corrected chi connectivity index (χ1v) is 9.60. The Morgan fingerprint density at radius 2 is 0.895 bits per heavy atom.